The van der Waals surface area contributed by atoms with Gasteiger partial charge in [-0.05, 0) is 12.1 Å². The summed E-state index contributed by atoms with van der Waals surface area (Å²) in [5.74, 6) is 0. The van der Waals surface area contributed by atoms with Crippen LogP contribution >= 0.6 is 0 Å². The first-order valence-electron chi connectivity index (χ1n) is 21.9. The fraction of sp³-hybridized carbons (Fsp3) is 0. The van der Waals surface area contributed by atoms with E-state index in [9.17, 15) is 0 Å². The summed E-state index contributed by atoms with van der Waals surface area (Å²) in [6.45, 7) is 0. The second-order valence-corrected chi connectivity index (χ2v) is 19.1. The molecule has 0 radical (unpaired) electrons. The summed E-state index contributed by atoms with van der Waals surface area (Å²) in [5, 5.41) is 10.2. The van der Waals surface area contributed by atoms with Gasteiger partial charge >= 0.3 is 302 Å². The second kappa shape index (κ2) is 13.8. The molecule has 0 amide bonds. The number of rotatable bonds is 5. The Labute approximate surface area is 374 Å². The van der Waals surface area contributed by atoms with Crippen LogP contribution in [0.3, 0.4) is 0 Å². The molecule has 298 valence electrons. The van der Waals surface area contributed by atoms with Gasteiger partial charge in [-0.1, -0.05) is 36.4 Å². The molecule has 0 atom stereocenters. The summed E-state index contributed by atoms with van der Waals surface area (Å²) < 4.78 is 10.3. The van der Waals surface area contributed by atoms with Gasteiger partial charge in [0.1, 0.15) is 0 Å². The van der Waals surface area contributed by atoms with Crippen molar-refractivity contribution in [2.75, 3.05) is 0 Å². The van der Waals surface area contributed by atoms with E-state index >= 15 is 0 Å². The fourth-order valence-electron chi connectivity index (χ4n) is 10.7. The molecule has 3 nitrogen and oxygen atoms in total. The molecular formula is C60H37N3Se. The van der Waals surface area contributed by atoms with Crippen LogP contribution in [0.1, 0.15) is 0 Å². The third-order valence-electron chi connectivity index (χ3n) is 13.5. The third kappa shape index (κ3) is 5.15. The monoisotopic (exact) mass is 879 g/mol. The minimum atomic E-state index is 0.153. The topological polar surface area (TPSA) is 14.8 Å². The molecule has 0 saturated heterocycles. The molecule has 64 heavy (non-hydrogen) atoms. The third-order valence-corrected chi connectivity index (χ3v) is 16.0. The molecule has 4 heteroatoms. The first-order chi connectivity index (χ1) is 31.8. The van der Waals surface area contributed by atoms with Crippen molar-refractivity contribution in [1.29, 1.82) is 0 Å². The van der Waals surface area contributed by atoms with Crippen molar-refractivity contribution in [2.45, 2.75) is 0 Å². The molecule has 0 saturated carbocycles. The summed E-state index contributed by atoms with van der Waals surface area (Å²) in [7, 11) is 0. The second-order valence-electron chi connectivity index (χ2n) is 16.9. The van der Waals surface area contributed by atoms with E-state index in [2.05, 4.69) is 238 Å². The van der Waals surface area contributed by atoms with E-state index in [0.29, 0.717) is 0 Å². The van der Waals surface area contributed by atoms with Crippen LogP contribution < -0.4 is 0 Å². The summed E-state index contributed by atoms with van der Waals surface area (Å²) in [6, 6.07) is 83.0. The molecule has 4 aromatic heterocycles. The summed E-state index contributed by atoms with van der Waals surface area (Å²) >= 11 is 0.153. The average molecular weight is 879 g/mol. The Morgan fingerprint density at radius 3 is 1.44 bits per heavy atom. The SMILES string of the molecule is c1ccc(-c2ccc(-c3cccc4c3[se]c3cccc(-n5c6ccccc6c6ccc(-n7c8ccccc8c8cc(-n9c%10ccccc%10c%10ccccc%109)ccc87)cc65)c34)cc2)cc1. The molecule has 0 N–H and O–H groups in total. The molecule has 0 unspecified atom stereocenters. The van der Waals surface area contributed by atoms with Crippen LogP contribution in [-0.2, 0) is 0 Å². The van der Waals surface area contributed by atoms with Crippen LogP contribution in [0.25, 0.3) is 124 Å². The van der Waals surface area contributed by atoms with Crippen molar-refractivity contribution < 1.29 is 0 Å². The van der Waals surface area contributed by atoms with Crippen molar-refractivity contribution >= 4 is 99.2 Å². The molecule has 4 heterocycles. The van der Waals surface area contributed by atoms with Crippen LogP contribution in [0.5, 0.6) is 0 Å². The van der Waals surface area contributed by atoms with Crippen LogP contribution in [-0.4, -0.2) is 28.2 Å². The Bertz CT molecular complexity index is 4130. The molecule has 0 aliphatic heterocycles. The number of hydrogen-bond acceptors (Lipinski definition) is 0. The predicted octanol–water partition coefficient (Wildman–Crippen LogP) is 15.7. The van der Waals surface area contributed by atoms with Gasteiger partial charge in [-0.3, -0.25) is 0 Å². The van der Waals surface area contributed by atoms with E-state index in [1.54, 1.807) is 0 Å². The van der Waals surface area contributed by atoms with Gasteiger partial charge in [0.2, 0.25) is 0 Å². The Morgan fingerprint density at radius 1 is 0.281 bits per heavy atom. The van der Waals surface area contributed by atoms with Crippen molar-refractivity contribution in [3.8, 4) is 39.3 Å². The predicted molar refractivity (Wildman–Crippen MR) is 272 cm³/mol. The van der Waals surface area contributed by atoms with Gasteiger partial charge in [-0.25, -0.2) is 0 Å². The fourth-order valence-corrected chi connectivity index (χ4v) is 13.3. The maximum atomic E-state index is 2.54. The minimum absolute atomic E-state index is 0.153. The van der Waals surface area contributed by atoms with Gasteiger partial charge in [0.05, 0.1) is 11.0 Å². The zero-order valence-corrected chi connectivity index (χ0v) is 36.3. The van der Waals surface area contributed by atoms with Crippen molar-refractivity contribution in [3.05, 3.63) is 224 Å². The number of para-hydroxylation sites is 4. The first kappa shape index (κ1) is 35.7. The number of nitrogens with zero attached hydrogens (tertiary/aromatic N) is 3. The van der Waals surface area contributed by atoms with Crippen LogP contribution in [0.4, 0.5) is 0 Å². The summed E-state index contributed by atoms with van der Waals surface area (Å²) in [6.07, 6.45) is 0. The van der Waals surface area contributed by atoms with E-state index < -0.39 is 0 Å². The van der Waals surface area contributed by atoms with Crippen molar-refractivity contribution in [1.82, 2.24) is 13.7 Å². The Morgan fingerprint density at radius 2 is 0.766 bits per heavy atom. The van der Waals surface area contributed by atoms with Gasteiger partial charge in [0.25, 0.3) is 0 Å². The number of hydrogen-bond donors (Lipinski definition) is 0. The van der Waals surface area contributed by atoms with Gasteiger partial charge in [0, 0.05) is 10.8 Å². The molecule has 0 spiro atoms. The molecule has 0 bridgehead atoms. The van der Waals surface area contributed by atoms with Gasteiger partial charge < -0.3 is 4.57 Å². The van der Waals surface area contributed by atoms with Gasteiger partial charge in [-0.15, -0.1) is 0 Å². The van der Waals surface area contributed by atoms with E-state index in [4.69, 9.17) is 0 Å². The molecule has 10 aromatic carbocycles. The zero-order valence-electron chi connectivity index (χ0n) is 34.6. The van der Waals surface area contributed by atoms with E-state index in [1.807, 2.05) is 0 Å². The summed E-state index contributed by atoms with van der Waals surface area (Å²) in [5.41, 5.74) is 15.9. The van der Waals surface area contributed by atoms with Crippen molar-refractivity contribution in [2.24, 2.45) is 0 Å². The molecule has 0 fully saturated rings. The molecule has 14 rings (SSSR count). The average Bonchev–Trinajstić information content (AvgIpc) is 4.10. The van der Waals surface area contributed by atoms with Crippen LogP contribution in [0.15, 0.2) is 224 Å². The van der Waals surface area contributed by atoms with Gasteiger partial charge in [-0.2, -0.15) is 0 Å². The first-order valence-corrected chi connectivity index (χ1v) is 23.6. The van der Waals surface area contributed by atoms with Gasteiger partial charge in [0.15, 0.2) is 0 Å². The Kier molecular flexibility index (Phi) is 7.70. The Balaban J connectivity index is 0.968. The molecule has 14 aromatic rings. The number of fused-ring (bicyclic) bond motifs is 12. The van der Waals surface area contributed by atoms with Crippen LogP contribution in [0, 0.1) is 0 Å². The standard InChI is InChI=1S/C60H37N3Se/c1-2-14-38(15-3-1)39-28-30-40(31-29-39)43-20-12-21-49-59-56(26-13-27-58(59)64-60(43)49)63-54-25-11-6-18-46(54)48-34-32-42(37-57(48)63)62-53-24-10-7-19-47(53)50-36-41(33-35-55(50)62)61-51-22-8-4-16-44(51)45-17-5-9-23-52(45)61/h1-37H. The molecular weight excluding hydrogens is 842 g/mol. The number of benzene rings is 10. The number of aromatic nitrogens is 3. The molecule has 0 aliphatic rings. The quantitative estimate of drug-likeness (QED) is 0.153. The zero-order chi connectivity index (χ0) is 41.9. The van der Waals surface area contributed by atoms with E-state index in [0.717, 1.165) is 11.4 Å². The normalized spacial score (nSPS) is 12.1. The summed E-state index contributed by atoms with van der Waals surface area (Å²) in [4.78, 5) is 0. The van der Waals surface area contributed by atoms with Crippen LogP contribution in [0.2, 0.25) is 0 Å². The van der Waals surface area contributed by atoms with E-state index in [1.165, 1.54) is 113 Å². The Hall–Kier alpha value is -7.88. The van der Waals surface area contributed by atoms with Crippen molar-refractivity contribution in [3.63, 3.8) is 0 Å². The molecule has 0 aliphatic carbocycles. The van der Waals surface area contributed by atoms with E-state index in [-0.39, 0.29) is 14.5 Å². The maximum absolute atomic E-state index is 2.54.